The van der Waals surface area contributed by atoms with Crippen LogP contribution >= 0.6 is 0 Å². The van der Waals surface area contributed by atoms with Crippen molar-refractivity contribution in [3.63, 3.8) is 0 Å². The molecule has 1 saturated heterocycles. The smallest absolute Gasteiger partial charge is 1.00 e. The van der Waals surface area contributed by atoms with Gasteiger partial charge < -0.3 is 68.2 Å². The molecule has 0 radical (unpaired) electrons. The minimum atomic E-state index is -3.62. The average molecular weight is 1970 g/mol. The number of aliphatic hydroxyl groups excluding tert-OH is 3. The molecule has 756 valence electrons. The molecule has 12 heterocycles. The molecular weight excluding hydrogens is 1810 g/mol. The minimum Gasteiger partial charge on any atom is -1.00 e. The van der Waals surface area contributed by atoms with Crippen LogP contribution < -0.4 is 23.4 Å². The van der Waals surface area contributed by atoms with Gasteiger partial charge in [-0.25, -0.2) is 29.1 Å². The molecule has 0 aromatic carbocycles. The number of hydrogen-bond acceptors (Lipinski definition) is 22. The van der Waals surface area contributed by atoms with Crippen LogP contribution in [0.3, 0.4) is 0 Å². The van der Waals surface area contributed by atoms with E-state index in [2.05, 4.69) is 176 Å². The first-order valence-electron chi connectivity index (χ1n) is 46.5. The van der Waals surface area contributed by atoms with Gasteiger partial charge in [-0.3, -0.25) is 18.0 Å². The second kappa shape index (κ2) is 57.1. The van der Waals surface area contributed by atoms with Crippen molar-refractivity contribution in [2.45, 2.75) is 221 Å². The third-order valence-electron chi connectivity index (χ3n) is 23.6. The van der Waals surface area contributed by atoms with Crippen molar-refractivity contribution in [2.24, 2.45) is 35.5 Å². The Balaban J connectivity index is 0.000000363. The third-order valence-corrected chi connectivity index (χ3v) is 24.7. The SMILES string of the molecule is C.C=CCO[C@@H](CO)[C@@H](CO)Cc1cc(C)cc(-n2c(C)ccc2C)n1.C=CCO[C@@H](CO)[C@@H](COS(C)(=O)=O)Cc1cc(C)cc(-n2c(C)ccc2C)n1.C=CCO[C@@H](COS(C)(=O)=O)[C@@H]1Cc2cc(C)cc(-n3c(C)ccc3C)[n+]2C1.C=CCO[C@H]1COC[C@H]1Cc1cc(C)cc(-n2c(C)ccc2C)n1.Cc1cc(C[C@H](C(=O)OC(C)C)[C@H](C)C(=O)OC(C)C)nc(-n2c(C)ccc2C)c1.[AlH3].[H-].[Li+]. The Labute approximate surface area is 850 Å². The first kappa shape index (κ1) is 120. The summed E-state index contributed by atoms with van der Waals surface area (Å²) in [5.74, 6) is 2.33. The van der Waals surface area contributed by atoms with Gasteiger partial charge in [0.1, 0.15) is 40.4 Å². The molecule has 10 aromatic heterocycles. The summed E-state index contributed by atoms with van der Waals surface area (Å²) < 4.78 is 108. The van der Waals surface area contributed by atoms with E-state index in [1.807, 2.05) is 103 Å². The van der Waals surface area contributed by atoms with Crippen LogP contribution in [0.1, 0.15) is 157 Å². The Morgan fingerprint density at radius 1 is 0.468 bits per heavy atom. The summed E-state index contributed by atoms with van der Waals surface area (Å²) in [6, 6.07) is 41.5. The number of fused-ring (bicyclic) bond motifs is 1. The Bertz CT molecular complexity index is 5810. The molecule has 0 bridgehead atoms. The molecule has 2 aliphatic heterocycles. The van der Waals surface area contributed by atoms with Gasteiger partial charge in [-0.05, 0) is 294 Å². The molecule has 10 atom stereocenters. The number of aryl methyl sites for hydroxylation is 15. The maximum absolute atomic E-state index is 12.8. The normalized spacial score (nSPS) is 15.3. The number of nitrogens with zero attached hydrogens (tertiary/aromatic N) is 10. The van der Waals surface area contributed by atoms with E-state index in [0.29, 0.717) is 51.6 Å². The molecule has 0 saturated carbocycles. The summed E-state index contributed by atoms with van der Waals surface area (Å²) >= 11 is 0. The summed E-state index contributed by atoms with van der Waals surface area (Å²) in [5.41, 5.74) is 21.7. The van der Waals surface area contributed by atoms with Gasteiger partial charge in [-0.1, -0.05) is 38.7 Å². The minimum absolute atomic E-state index is 0. The van der Waals surface area contributed by atoms with Crippen LogP contribution in [0.5, 0.6) is 0 Å². The number of hydrogen-bond donors (Lipinski definition) is 3. The first-order valence-corrected chi connectivity index (χ1v) is 50.1. The molecule has 2 aliphatic rings. The molecule has 1 fully saturated rings. The van der Waals surface area contributed by atoms with Gasteiger partial charge in [0.2, 0.25) is 0 Å². The van der Waals surface area contributed by atoms with Crippen LogP contribution in [-0.4, -0.2) is 226 Å². The predicted octanol–water partition coefficient (Wildman–Crippen LogP) is 12.0. The molecule has 12 rings (SSSR count). The summed E-state index contributed by atoms with van der Waals surface area (Å²) in [7, 11) is -7.14. The van der Waals surface area contributed by atoms with Crippen molar-refractivity contribution >= 4 is 49.5 Å². The molecule has 3 N–H and O–H groups in total. The standard InChI is InChI=1S/C24H34N2O4.C21H30N2O5S.C21H29N2O4S.C20H28N2O3.C20H26N2O2.CH4.Al.Li.4H/c1-14(2)29-23(27)19(8)21(24(28)30-15(3)4)13-20-11-16(5)12-22(25-20)26-17(6)9-10-18(26)7;1-6-9-27-20(13-24)18(14-28-29(5,25)26)12-19-10-15(2)11-21(22-19)23-16(3)7-8-17(23)4;1-6-9-26-20(14-27-28(5,24)25)18-12-19-10-15(2)11-21(22(19)13-18)23-16(3)7-8-17(23)4;1-5-8-25-19(13-24)17(12-23)11-18-9-14(2)10-20(21-18)22-15(3)6-7-16(22)4;1-5-8-24-19-13-23-12-17(19)11-18-9-14(2)10-20(21-18)22-15(3)6-7-16(22)4;;;;;;;/h9-12,14-15,19,21H,13H2,1-8H3;6-8,10-11,18,20,24H,1,9,12-14H2,2-5H3;6-8,10-11,18,20H,1,9,12-14H2,2-5H3;5-7,9-10,17,19,23-24H,1,8,11-13H2,2-4H3;5-7,9-10,17,19H,1,8,11-13H2,2-4H3;1H4;;;;;;/q;;+1;;;;;+1;;;;-1/t19-,21-;2*18-,20+;2*17-,19+;;;;;;;/m01111......./s1. The maximum atomic E-state index is 12.8. The molecule has 0 unspecified atom stereocenters. The molecule has 10 aromatic rings. The number of aromatic nitrogens is 10. The number of esters is 2. The fourth-order valence-corrected chi connectivity index (χ4v) is 17.9. The predicted molar refractivity (Wildman–Crippen MR) is 550 cm³/mol. The Morgan fingerprint density at radius 3 is 1.21 bits per heavy atom. The monoisotopic (exact) mass is 1970 g/mol. The van der Waals surface area contributed by atoms with Crippen molar-refractivity contribution < 1.29 is 108 Å². The number of carbonyl (C=O) groups excluding carboxylic acids is 2. The van der Waals surface area contributed by atoms with Crippen molar-refractivity contribution in [3.8, 4) is 29.1 Å². The average Bonchev–Trinajstić information content (AvgIpc) is 1.62. The molecule has 32 heteroatoms. The van der Waals surface area contributed by atoms with Crippen LogP contribution in [0.4, 0.5) is 0 Å². The number of carbonyl (C=O) groups is 2. The quantitative estimate of drug-likeness (QED) is 0.0105. The topological polar surface area (TPSA) is 326 Å². The summed E-state index contributed by atoms with van der Waals surface area (Å²) in [6.07, 6.45) is 9.90. The van der Waals surface area contributed by atoms with Crippen LogP contribution in [0.25, 0.3) is 29.1 Å². The van der Waals surface area contributed by atoms with Crippen LogP contribution in [0.15, 0.2) is 172 Å². The number of pyridine rings is 5. The summed E-state index contributed by atoms with van der Waals surface area (Å²) in [4.78, 5) is 44.6. The number of rotatable bonds is 42. The van der Waals surface area contributed by atoms with E-state index in [0.717, 1.165) is 141 Å². The van der Waals surface area contributed by atoms with Gasteiger partial charge in [0, 0.05) is 118 Å². The molecule has 0 spiro atoms. The summed E-state index contributed by atoms with van der Waals surface area (Å²) in [5, 5.41) is 29.1. The van der Waals surface area contributed by atoms with E-state index in [9.17, 15) is 41.7 Å². The second-order valence-corrected chi connectivity index (χ2v) is 39.6. The summed E-state index contributed by atoms with van der Waals surface area (Å²) in [6.45, 7) is 57.5. The molecular formula is C107H155AlLiN10O18S2+. The largest absolute Gasteiger partial charge is 1.00 e. The zero-order valence-corrected chi connectivity index (χ0v) is 86.5. The van der Waals surface area contributed by atoms with Crippen molar-refractivity contribution in [2.75, 3.05) is 85.2 Å². The Kier molecular flexibility index (Phi) is 49.4. The van der Waals surface area contributed by atoms with Crippen LogP contribution in [-0.2, 0) is 110 Å². The fraction of sp³-hybridized carbons (Fsp3) is 0.486. The Hall–Kier alpha value is -9.32. The fourth-order valence-electron chi connectivity index (χ4n) is 17.1. The van der Waals surface area contributed by atoms with Gasteiger partial charge in [-0.15, -0.1) is 26.3 Å². The molecule has 28 nitrogen and oxygen atoms in total. The van der Waals surface area contributed by atoms with Crippen molar-refractivity contribution in [1.29, 1.82) is 0 Å². The van der Waals surface area contributed by atoms with Crippen molar-refractivity contribution in [3.05, 3.63) is 285 Å². The van der Waals surface area contributed by atoms with Gasteiger partial charge in [0.05, 0.1) is 134 Å². The van der Waals surface area contributed by atoms with E-state index in [1.54, 1.807) is 58.9 Å². The number of aliphatic hydroxyl groups is 3. The van der Waals surface area contributed by atoms with Gasteiger partial charge >= 0.3 is 30.8 Å². The van der Waals surface area contributed by atoms with E-state index < -0.39 is 62.1 Å². The van der Waals surface area contributed by atoms with Crippen LogP contribution in [0, 0.1) is 139 Å². The Morgan fingerprint density at radius 2 is 0.820 bits per heavy atom. The van der Waals surface area contributed by atoms with E-state index in [1.165, 1.54) is 39.6 Å². The zero-order chi connectivity index (χ0) is 100. The second-order valence-electron chi connectivity index (χ2n) is 36.4. The molecule has 0 amide bonds. The first-order chi connectivity index (χ1) is 64.4. The molecule has 139 heavy (non-hydrogen) atoms. The van der Waals surface area contributed by atoms with E-state index in [-0.39, 0.29) is 121 Å². The van der Waals surface area contributed by atoms with Gasteiger partial charge in [0.25, 0.3) is 26.1 Å². The van der Waals surface area contributed by atoms with Crippen molar-refractivity contribution in [1.82, 2.24) is 42.8 Å². The zero-order valence-electron chi connectivity index (χ0n) is 85.9. The van der Waals surface area contributed by atoms with Crippen LogP contribution in [0.2, 0.25) is 0 Å². The van der Waals surface area contributed by atoms with E-state index >= 15 is 0 Å². The van der Waals surface area contributed by atoms with Gasteiger partial charge in [0.15, 0.2) is 17.4 Å². The number of ether oxygens (including phenoxy) is 7. The van der Waals surface area contributed by atoms with E-state index in [4.69, 9.17) is 61.5 Å². The third kappa shape index (κ3) is 35.9. The van der Waals surface area contributed by atoms with Gasteiger partial charge in [-0.2, -0.15) is 16.8 Å². The molecule has 0 aliphatic carbocycles. The maximum Gasteiger partial charge on any atom is 1.00 e.